The molecule has 0 atom stereocenters. The fourth-order valence-corrected chi connectivity index (χ4v) is 9.60. The second kappa shape index (κ2) is 13.7. The van der Waals surface area contributed by atoms with Gasteiger partial charge in [-0.05, 0) is 122 Å². The molecule has 12 rings (SSSR count). The summed E-state index contributed by atoms with van der Waals surface area (Å²) in [7, 11) is 0. The fraction of sp³-hybridized carbons (Fsp3) is 0.0526. The van der Waals surface area contributed by atoms with Crippen molar-refractivity contribution in [2.24, 2.45) is 0 Å². The highest BCUT2D eigenvalue weighted by Crippen LogP contribution is 2.51. The molecular formula is C57H37N5. The van der Waals surface area contributed by atoms with E-state index in [1.165, 1.54) is 33.0 Å². The number of para-hydroxylation sites is 1. The first kappa shape index (κ1) is 35.7. The number of nitrogens with zero attached hydrogens (tertiary/aromatic N) is 5. The summed E-state index contributed by atoms with van der Waals surface area (Å²) < 4.78 is 2.29. The van der Waals surface area contributed by atoms with Crippen molar-refractivity contribution in [2.45, 2.75) is 19.3 Å². The summed E-state index contributed by atoms with van der Waals surface area (Å²) in [5.41, 5.74) is 13.8. The highest BCUT2D eigenvalue weighted by molar-refractivity contribution is 6.11. The van der Waals surface area contributed by atoms with Crippen LogP contribution in [0.25, 0.3) is 105 Å². The monoisotopic (exact) mass is 791 g/mol. The topological polar surface area (TPSA) is 67.4 Å². The summed E-state index contributed by atoms with van der Waals surface area (Å²) in [6.07, 6.45) is 0. The third-order valence-corrected chi connectivity index (χ3v) is 12.8. The molecule has 0 bridgehead atoms. The zero-order valence-electron chi connectivity index (χ0n) is 34.1. The van der Waals surface area contributed by atoms with Crippen molar-refractivity contribution in [3.05, 3.63) is 205 Å². The summed E-state index contributed by atoms with van der Waals surface area (Å²) in [6.45, 7) is 4.64. The third-order valence-electron chi connectivity index (χ3n) is 12.8. The molecule has 0 radical (unpaired) electrons. The summed E-state index contributed by atoms with van der Waals surface area (Å²) >= 11 is 0. The van der Waals surface area contributed by atoms with Crippen molar-refractivity contribution in [2.75, 3.05) is 0 Å². The van der Waals surface area contributed by atoms with Crippen molar-refractivity contribution >= 4 is 43.4 Å². The Morgan fingerprint density at radius 3 is 1.47 bits per heavy atom. The van der Waals surface area contributed by atoms with Gasteiger partial charge in [0.15, 0.2) is 17.5 Å². The standard InChI is InChI=1S/C57H37N5/c1-57(2)50-32-41(40-23-27-53-49(31-40)48-28-35(34-58)16-26-52(48)62(53)45-14-4-3-5-15-45)21-24-46(50)47-25-22-44(33-51(47)57)56-60-54(42-19-17-36-10-6-8-12-38(36)29-42)59-55(61-56)43-20-18-37-11-7-9-13-39(37)30-43/h3-33H,1-2H3. The van der Waals surface area contributed by atoms with Gasteiger partial charge >= 0.3 is 0 Å². The van der Waals surface area contributed by atoms with Crippen molar-refractivity contribution in [1.29, 1.82) is 5.26 Å². The minimum absolute atomic E-state index is 0.290. The molecule has 0 spiro atoms. The molecule has 0 aliphatic heterocycles. The van der Waals surface area contributed by atoms with Gasteiger partial charge < -0.3 is 4.57 Å². The average molecular weight is 792 g/mol. The third kappa shape index (κ3) is 5.65. The van der Waals surface area contributed by atoms with Gasteiger partial charge in [0.25, 0.3) is 0 Å². The molecule has 0 amide bonds. The van der Waals surface area contributed by atoms with Gasteiger partial charge in [-0.25, -0.2) is 15.0 Å². The molecule has 11 aromatic rings. The molecule has 1 aliphatic carbocycles. The van der Waals surface area contributed by atoms with Crippen LogP contribution in [0.1, 0.15) is 30.5 Å². The van der Waals surface area contributed by atoms with Crippen LogP contribution in [0.3, 0.4) is 0 Å². The predicted molar refractivity (Wildman–Crippen MR) is 253 cm³/mol. The first-order valence-corrected chi connectivity index (χ1v) is 21.0. The maximum absolute atomic E-state index is 9.84. The molecule has 9 aromatic carbocycles. The van der Waals surface area contributed by atoms with E-state index in [4.69, 9.17) is 15.0 Å². The maximum atomic E-state index is 9.84. The lowest BCUT2D eigenvalue weighted by atomic mass is 9.81. The molecular weight excluding hydrogens is 755 g/mol. The summed E-state index contributed by atoms with van der Waals surface area (Å²) in [4.78, 5) is 15.5. The molecule has 2 aromatic heterocycles. The van der Waals surface area contributed by atoms with Crippen molar-refractivity contribution < 1.29 is 0 Å². The summed E-state index contributed by atoms with van der Waals surface area (Å²) in [5, 5.41) is 16.7. The molecule has 62 heavy (non-hydrogen) atoms. The smallest absolute Gasteiger partial charge is 0.164 e. The number of rotatable bonds is 5. The Balaban J connectivity index is 0.960. The van der Waals surface area contributed by atoms with Crippen LogP contribution >= 0.6 is 0 Å². The number of hydrogen-bond donors (Lipinski definition) is 0. The highest BCUT2D eigenvalue weighted by Gasteiger charge is 2.36. The lowest BCUT2D eigenvalue weighted by Crippen LogP contribution is -2.15. The molecule has 2 heterocycles. The number of hydrogen-bond acceptors (Lipinski definition) is 4. The molecule has 0 unspecified atom stereocenters. The normalized spacial score (nSPS) is 12.8. The number of aromatic nitrogens is 4. The van der Waals surface area contributed by atoms with Crippen LogP contribution in [0.5, 0.6) is 0 Å². The Kier molecular flexibility index (Phi) is 7.88. The second-order valence-corrected chi connectivity index (χ2v) is 16.8. The van der Waals surface area contributed by atoms with E-state index in [0.29, 0.717) is 23.0 Å². The van der Waals surface area contributed by atoms with Crippen molar-refractivity contribution in [3.8, 4) is 68.2 Å². The Bertz CT molecular complexity index is 3590. The molecule has 0 N–H and O–H groups in total. The fourth-order valence-electron chi connectivity index (χ4n) is 9.60. The van der Waals surface area contributed by atoms with Crippen LogP contribution in [0.4, 0.5) is 0 Å². The van der Waals surface area contributed by atoms with Crippen LogP contribution in [-0.2, 0) is 5.41 Å². The number of fused-ring (bicyclic) bond motifs is 8. The van der Waals surface area contributed by atoms with Gasteiger partial charge in [-0.15, -0.1) is 0 Å². The second-order valence-electron chi connectivity index (χ2n) is 16.8. The Hall–Kier alpha value is -8.20. The zero-order chi connectivity index (χ0) is 41.5. The average Bonchev–Trinajstić information content (AvgIpc) is 3.77. The molecule has 5 nitrogen and oxygen atoms in total. The lowest BCUT2D eigenvalue weighted by molar-refractivity contribution is 0.661. The van der Waals surface area contributed by atoms with Crippen LogP contribution in [0.15, 0.2) is 188 Å². The molecule has 5 heteroatoms. The van der Waals surface area contributed by atoms with Crippen molar-refractivity contribution in [1.82, 2.24) is 19.5 Å². The Morgan fingerprint density at radius 2 is 0.871 bits per heavy atom. The first-order chi connectivity index (χ1) is 30.4. The molecule has 0 saturated carbocycles. The van der Waals surface area contributed by atoms with E-state index < -0.39 is 0 Å². The van der Waals surface area contributed by atoms with E-state index in [1.54, 1.807) is 0 Å². The number of nitriles is 1. The van der Waals surface area contributed by atoms with Crippen LogP contribution < -0.4 is 0 Å². The van der Waals surface area contributed by atoms with Crippen LogP contribution in [0, 0.1) is 11.3 Å². The Labute approximate surface area is 358 Å². The van der Waals surface area contributed by atoms with Gasteiger partial charge in [-0.3, -0.25) is 0 Å². The minimum Gasteiger partial charge on any atom is -0.309 e. The maximum Gasteiger partial charge on any atom is 0.164 e. The van der Waals surface area contributed by atoms with E-state index in [1.807, 2.05) is 18.2 Å². The Morgan fingerprint density at radius 1 is 0.419 bits per heavy atom. The SMILES string of the molecule is CC1(C)c2cc(-c3ccc4c(c3)c3cc(C#N)ccc3n4-c3ccccc3)ccc2-c2ccc(-c3nc(-c4ccc5ccccc5c4)nc(-c4ccc5ccccc5c4)n3)cc21. The van der Waals surface area contributed by atoms with E-state index in [2.05, 4.69) is 194 Å². The molecule has 290 valence electrons. The lowest BCUT2D eigenvalue weighted by Gasteiger charge is -2.22. The zero-order valence-corrected chi connectivity index (χ0v) is 34.1. The highest BCUT2D eigenvalue weighted by atomic mass is 15.0. The van der Waals surface area contributed by atoms with E-state index in [-0.39, 0.29) is 5.41 Å². The van der Waals surface area contributed by atoms with E-state index >= 15 is 0 Å². The van der Waals surface area contributed by atoms with Gasteiger partial charge in [0.2, 0.25) is 0 Å². The largest absolute Gasteiger partial charge is 0.309 e. The van der Waals surface area contributed by atoms with Gasteiger partial charge in [0, 0.05) is 38.6 Å². The van der Waals surface area contributed by atoms with Crippen molar-refractivity contribution in [3.63, 3.8) is 0 Å². The molecule has 0 fully saturated rings. The van der Waals surface area contributed by atoms with Gasteiger partial charge in [-0.2, -0.15) is 5.26 Å². The predicted octanol–water partition coefficient (Wildman–Crippen LogP) is 14.1. The van der Waals surface area contributed by atoms with Gasteiger partial charge in [0.05, 0.1) is 22.7 Å². The summed E-state index contributed by atoms with van der Waals surface area (Å²) in [5.74, 6) is 1.93. The quantitative estimate of drug-likeness (QED) is 0.174. The molecule has 0 saturated heterocycles. The molecule has 1 aliphatic rings. The van der Waals surface area contributed by atoms with Gasteiger partial charge in [-0.1, -0.05) is 135 Å². The van der Waals surface area contributed by atoms with Crippen LogP contribution in [0.2, 0.25) is 0 Å². The van der Waals surface area contributed by atoms with Crippen LogP contribution in [-0.4, -0.2) is 19.5 Å². The summed E-state index contributed by atoms with van der Waals surface area (Å²) in [6, 6.07) is 68.7. The minimum atomic E-state index is -0.290. The first-order valence-electron chi connectivity index (χ1n) is 21.0. The number of benzene rings is 9. The van der Waals surface area contributed by atoms with Gasteiger partial charge in [0.1, 0.15) is 0 Å². The van der Waals surface area contributed by atoms with E-state index in [9.17, 15) is 5.26 Å². The van der Waals surface area contributed by atoms with E-state index in [0.717, 1.165) is 66.1 Å².